The highest BCUT2D eigenvalue weighted by Crippen LogP contribution is 2.21. The molecule has 0 saturated heterocycles. The lowest BCUT2D eigenvalue weighted by atomic mass is 10.3. The number of rotatable bonds is 7. The quantitative estimate of drug-likeness (QED) is 0.807. The monoisotopic (exact) mass is 363 g/mol. The average molecular weight is 364 g/mol. The lowest BCUT2D eigenvalue weighted by molar-refractivity contribution is -0.137. The van der Waals surface area contributed by atoms with E-state index in [0.717, 1.165) is 4.47 Å². The van der Waals surface area contributed by atoms with Gasteiger partial charge in [0.05, 0.1) is 4.90 Å². The zero-order chi connectivity index (χ0) is 15.3. The first-order valence-electron chi connectivity index (χ1n) is 6.24. The number of halogens is 1. The summed E-state index contributed by atoms with van der Waals surface area (Å²) < 4.78 is 27.2. The molecule has 1 aromatic carbocycles. The largest absolute Gasteiger partial charge is 0.481 e. The van der Waals surface area contributed by atoms with Crippen LogP contribution < -0.4 is 0 Å². The molecule has 0 amide bonds. The van der Waals surface area contributed by atoms with Crippen molar-refractivity contribution in [1.29, 1.82) is 0 Å². The predicted molar refractivity (Wildman–Crippen MR) is 80.0 cm³/mol. The molecule has 0 aliphatic heterocycles. The van der Waals surface area contributed by atoms with E-state index in [1.165, 1.54) is 16.4 Å². The van der Waals surface area contributed by atoms with Crippen LogP contribution in [0, 0.1) is 0 Å². The summed E-state index contributed by atoms with van der Waals surface area (Å²) in [6.45, 7) is 3.75. The summed E-state index contributed by atoms with van der Waals surface area (Å²) in [6.07, 6.45) is 0.252. The molecule has 0 spiro atoms. The van der Waals surface area contributed by atoms with Crippen molar-refractivity contribution in [2.24, 2.45) is 0 Å². The summed E-state index contributed by atoms with van der Waals surface area (Å²) in [6, 6.07) is 6.18. The first kappa shape index (κ1) is 17.1. The van der Waals surface area contributed by atoms with E-state index in [9.17, 15) is 13.2 Å². The van der Waals surface area contributed by atoms with Gasteiger partial charge in [-0.15, -0.1) is 0 Å². The maximum atomic E-state index is 12.5. The molecule has 0 radical (unpaired) electrons. The number of sulfonamides is 1. The summed E-state index contributed by atoms with van der Waals surface area (Å²) in [4.78, 5) is 10.7. The first-order chi connectivity index (χ1) is 9.25. The van der Waals surface area contributed by atoms with E-state index in [-0.39, 0.29) is 23.9 Å². The van der Waals surface area contributed by atoms with Crippen molar-refractivity contribution in [3.63, 3.8) is 0 Å². The van der Waals surface area contributed by atoms with Crippen LogP contribution in [0.15, 0.2) is 33.6 Å². The maximum Gasteiger partial charge on any atom is 0.303 e. The van der Waals surface area contributed by atoms with Crippen molar-refractivity contribution in [2.45, 2.75) is 37.6 Å². The van der Waals surface area contributed by atoms with Gasteiger partial charge in [0.15, 0.2) is 0 Å². The Labute approximate surface area is 127 Å². The van der Waals surface area contributed by atoms with Crippen molar-refractivity contribution in [1.82, 2.24) is 4.31 Å². The second kappa shape index (κ2) is 7.19. The minimum absolute atomic E-state index is 0.0426. The Morgan fingerprint density at radius 3 is 2.30 bits per heavy atom. The summed E-state index contributed by atoms with van der Waals surface area (Å²) in [5, 5.41) is 8.64. The standard InChI is InChI=1S/C13H18BrNO4S/c1-10(2)15(9-3-4-13(16)17)20(18,19)12-7-5-11(14)6-8-12/h5-8,10H,3-4,9H2,1-2H3,(H,16,17). The second-order valence-corrected chi connectivity index (χ2v) is 7.47. The van der Waals surface area contributed by atoms with E-state index < -0.39 is 16.0 Å². The summed E-state index contributed by atoms with van der Waals surface area (Å²) in [5.74, 6) is -0.922. The molecule has 0 heterocycles. The van der Waals surface area contributed by atoms with Crippen LogP contribution in [0.3, 0.4) is 0 Å². The van der Waals surface area contributed by atoms with E-state index in [0.29, 0.717) is 6.42 Å². The van der Waals surface area contributed by atoms with Gasteiger partial charge in [0.1, 0.15) is 0 Å². The van der Waals surface area contributed by atoms with Crippen molar-refractivity contribution in [2.75, 3.05) is 6.54 Å². The van der Waals surface area contributed by atoms with Crippen LogP contribution in [0.2, 0.25) is 0 Å². The molecule has 112 valence electrons. The summed E-state index contributed by atoms with van der Waals surface area (Å²) in [5.41, 5.74) is 0. The normalized spacial score (nSPS) is 12.1. The fourth-order valence-electron chi connectivity index (χ4n) is 1.78. The predicted octanol–water partition coefficient (Wildman–Crippen LogP) is 2.71. The Kier molecular flexibility index (Phi) is 6.16. The smallest absolute Gasteiger partial charge is 0.303 e. The molecule has 0 bridgehead atoms. The molecule has 0 fully saturated rings. The molecule has 20 heavy (non-hydrogen) atoms. The van der Waals surface area contributed by atoms with Crippen LogP contribution >= 0.6 is 15.9 Å². The van der Waals surface area contributed by atoms with Crippen molar-refractivity contribution in [3.05, 3.63) is 28.7 Å². The van der Waals surface area contributed by atoms with E-state index in [1.807, 2.05) is 0 Å². The third-order valence-electron chi connectivity index (χ3n) is 2.77. The average Bonchev–Trinajstić information content (AvgIpc) is 2.34. The molecule has 7 heteroatoms. The number of hydrogen-bond acceptors (Lipinski definition) is 3. The Balaban J connectivity index is 2.94. The SMILES string of the molecule is CC(C)N(CCCC(=O)O)S(=O)(=O)c1ccc(Br)cc1. The van der Waals surface area contributed by atoms with Crippen LogP contribution in [-0.2, 0) is 14.8 Å². The molecule has 0 aromatic heterocycles. The third kappa shape index (κ3) is 4.57. The van der Waals surface area contributed by atoms with Gasteiger partial charge in [0.25, 0.3) is 0 Å². The van der Waals surface area contributed by atoms with Gasteiger partial charge in [-0.1, -0.05) is 15.9 Å². The zero-order valence-electron chi connectivity index (χ0n) is 11.4. The van der Waals surface area contributed by atoms with Crippen molar-refractivity contribution < 1.29 is 18.3 Å². The van der Waals surface area contributed by atoms with Crippen LogP contribution in [-0.4, -0.2) is 36.4 Å². The molecule has 0 aliphatic rings. The molecule has 0 saturated carbocycles. The third-order valence-corrected chi connectivity index (χ3v) is 5.38. The van der Waals surface area contributed by atoms with Crippen LogP contribution in [0.1, 0.15) is 26.7 Å². The second-order valence-electron chi connectivity index (χ2n) is 4.66. The molecule has 0 aliphatic carbocycles. The molecule has 1 rings (SSSR count). The molecular weight excluding hydrogens is 346 g/mol. The molecular formula is C13H18BrNO4S. The Bertz CT molecular complexity index is 554. The van der Waals surface area contributed by atoms with E-state index >= 15 is 0 Å². The number of carboxylic acid groups (broad SMARTS) is 1. The lowest BCUT2D eigenvalue weighted by Crippen LogP contribution is -2.37. The Morgan fingerprint density at radius 1 is 1.30 bits per heavy atom. The highest BCUT2D eigenvalue weighted by atomic mass is 79.9. The van der Waals surface area contributed by atoms with Crippen molar-refractivity contribution in [3.8, 4) is 0 Å². The highest BCUT2D eigenvalue weighted by Gasteiger charge is 2.26. The fraction of sp³-hybridized carbons (Fsp3) is 0.462. The van der Waals surface area contributed by atoms with Crippen LogP contribution in [0.25, 0.3) is 0 Å². The van der Waals surface area contributed by atoms with Gasteiger partial charge in [-0.2, -0.15) is 4.31 Å². The molecule has 5 nitrogen and oxygen atoms in total. The van der Waals surface area contributed by atoms with E-state index in [2.05, 4.69) is 15.9 Å². The molecule has 1 N–H and O–H groups in total. The van der Waals surface area contributed by atoms with Crippen LogP contribution in [0.5, 0.6) is 0 Å². The van der Waals surface area contributed by atoms with Gasteiger partial charge in [-0.3, -0.25) is 4.79 Å². The number of hydrogen-bond donors (Lipinski definition) is 1. The summed E-state index contributed by atoms with van der Waals surface area (Å²) >= 11 is 3.26. The lowest BCUT2D eigenvalue weighted by Gasteiger charge is -2.25. The van der Waals surface area contributed by atoms with Crippen LogP contribution in [0.4, 0.5) is 0 Å². The number of benzene rings is 1. The van der Waals surface area contributed by atoms with E-state index in [1.54, 1.807) is 26.0 Å². The zero-order valence-corrected chi connectivity index (χ0v) is 13.8. The van der Waals surface area contributed by atoms with Gasteiger partial charge in [0, 0.05) is 23.5 Å². The Hall–Kier alpha value is -0.920. The summed E-state index contributed by atoms with van der Waals surface area (Å²) in [7, 11) is -3.60. The number of nitrogens with zero attached hydrogens (tertiary/aromatic N) is 1. The van der Waals surface area contributed by atoms with Gasteiger partial charge >= 0.3 is 5.97 Å². The van der Waals surface area contributed by atoms with E-state index in [4.69, 9.17) is 5.11 Å². The molecule has 0 unspecified atom stereocenters. The minimum Gasteiger partial charge on any atom is -0.481 e. The topological polar surface area (TPSA) is 74.7 Å². The number of carboxylic acids is 1. The van der Waals surface area contributed by atoms with Gasteiger partial charge < -0.3 is 5.11 Å². The highest BCUT2D eigenvalue weighted by molar-refractivity contribution is 9.10. The minimum atomic E-state index is -3.60. The van der Waals surface area contributed by atoms with Gasteiger partial charge in [-0.05, 0) is 44.5 Å². The number of carbonyl (C=O) groups is 1. The molecule has 0 atom stereocenters. The van der Waals surface area contributed by atoms with Gasteiger partial charge in [0.2, 0.25) is 10.0 Å². The van der Waals surface area contributed by atoms with Crippen molar-refractivity contribution >= 4 is 31.9 Å². The molecule has 1 aromatic rings. The first-order valence-corrected chi connectivity index (χ1v) is 8.47. The Morgan fingerprint density at radius 2 is 1.85 bits per heavy atom. The fourth-order valence-corrected chi connectivity index (χ4v) is 3.72. The number of aliphatic carboxylic acids is 1. The van der Waals surface area contributed by atoms with Gasteiger partial charge in [-0.25, -0.2) is 8.42 Å². The maximum absolute atomic E-state index is 12.5.